The van der Waals surface area contributed by atoms with Gasteiger partial charge in [-0.3, -0.25) is 0 Å². The minimum Gasteiger partial charge on any atom is -0.218 e. The maximum Gasteiger partial charge on any atom is 0.214 e. The lowest BCUT2D eigenvalue weighted by Crippen LogP contribution is -2.45. The summed E-state index contributed by atoms with van der Waals surface area (Å²) in [7, 11) is -1.49. The molecule has 0 aromatic heterocycles. The molecule has 0 saturated heterocycles. The van der Waals surface area contributed by atoms with Gasteiger partial charge in [-0.1, -0.05) is 12.8 Å². The molecule has 0 radical (unpaired) electrons. The number of hydrogen-bond donors (Lipinski definition) is 1. The van der Waals surface area contributed by atoms with Gasteiger partial charge in [0.2, 0.25) is 10.0 Å². The van der Waals surface area contributed by atoms with E-state index < -0.39 is 10.0 Å². The highest BCUT2D eigenvalue weighted by atomic mass is 32.2. The zero-order valence-electron chi connectivity index (χ0n) is 8.04. The molecule has 0 aromatic carbocycles. The molecule has 3 nitrogen and oxygen atoms in total. The number of rotatable bonds is 2. The number of sulfonamides is 1. The molecule has 0 bridgehead atoms. The average Bonchev–Trinajstić information content (AvgIpc) is 2.47. The van der Waals surface area contributed by atoms with Crippen LogP contribution in [0, 0.1) is 5.41 Å². The summed E-state index contributed by atoms with van der Waals surface area (Å²) in [5.74, 6) is 0. The zero-order chi connectivity index (χ0) is 9.53. The van der Waals surface area contributed by atoms with Crippen molar-refractivity contribution in [1.82, 2.24) is 4.72 Å². The van der Waals surface area contributed by atoms with Gasteiger partial charge >= 0.3 is 0 Å². The van der Waals surface area contributed by atoms with Crippen LogP contribution in [0.25, 0.3) is 0 Å². The highest BCUT2D eigenvalue weighted by molar-refractivity contribution is 7.90. The van der Waals surface area contributed by atoms with E-state index in [1.807, 2.05) is 0 Å². The molecule has 13 heavy (non-hydrogen) atoms. The minimum atomic E-state index is -3.02. The Bertz CT molecular complexity index is 293. The van der Waals surface area contributed by atoms with Crippen LogP contribution < -0.4 is 4.72 Å². The quantitative estimate of drug-likeness (QED) is 0.734. The normalized spacial score (nSPS) is 31.9. The van der Waals surface area contributed by atoms with Crippen LogP contribution in [0.3, 0.4) is 0 Å². The fourth-order valence-corrected chi connectivity index (χ4v) is 4.71. The molecule has 1 unspecified atom stereocenters. The Morgan fingerprint density at radius 1 is 1.23 bits per heavy atom. The predicted molar refractivity (Wildman–Crippen MR) is 51.9 cm³/mol. The van der Waals surface area contributed by atoms with Crippen molar-refractivity contribution in [3.8, 4) is 0 Å². The second-order valence-electron chi connectivity index (χ2n) is 4.35. The fraction of sp³-hybridized carbons (Fsp3) is 1.00. The smallest absolute Gasteiger partial charge is 0.214 e. The summed E-state index contributed by atoms with van der Waals surface area (Å²) in [6, 6.07) is 0. The molecule has 2 aliphatic rings. The molecular formula is C9H17NO2S. The molecule has 1 N–H and O–H groups in total. The van der Waals surface area contributed by atoms with Crippen molar-refractivity contribution in [2.24, 2.45) is 5.41 Å². The zero-order valence-corrected chi connectivity index (χ0v) is 8.86. The third-order valence-electron chi connectivity index (χ3n) is 3.83. The molecular weight excluding hydrogens is 186 g/mol. The maximum atomic E-state index is 11.7. The molecule has 2 saturated carbocycles. The summed E-state index contributed by atoms with van der Waals surface area (Å²) in [6.07, 6.45) is 6.54. The van der Waals surface area contributed by atoms with Crippen LogP contribution in [0.5, 0.6) is 0 Å². The Morgan fingerprint density at radius 2 is 1.85 bits per heavy atom. The molecule has 2 fully saturated rings. The summed E-state index contributed by atoms with van der Waals surface area (Å²) in [5, 5.41) is -0.0984. The molecule has 0 amide bonds. The van der Waals surface area contributed by atoms with Crippen molar-refractivity contribution in [3.05, 3.63) is 0 Å². The molecule has 0 heterocycles. The van der Waals surface area contributed by atoms with Crippen LogP contribution >= 0.6 is 0 Å². The Balaban J connectivity index is 2.24. The van der Waals surface area contributed by atoms with Crippen LogP contribution in [-0.4, -0.2) is 20.7 Å². The highest BCUT2D eigenvalue weighted by Gasteiger charge is 2.52. The molecule has 0 aliphatic heterocycles. The fourth-order valence-electron chi connectivity index (χ4n) is 2.94. The van der Waals surface area contributed by atoms with Gasteiger partial charge in [-0.25, -0.2) is 13.1 Å². The number of nitrogens with one attached hydrogen (secondary N) is 1. The van der Waals surface area contributed by atoms with Gasteiger partial charge in [0.1, 0.15) is 0 Å². The van der Waals surface area contributed by atoms with Gasteiger partial charge in [-0.15, -0.1) is 0 Å². The monoisotopic (exact) mass is 203 g/mol. The van der Waals surface area contributed by atoms with Crippen molar-refractivity contribution < 1.29 is 8.42 Å². The lowest BCUT2D eigenvalue weighted by molar-refractivity contribution is 0.146. The summed E-state index contributed by atoms with van der Waals surface area (Å²) in [4.78, 5) is 0. The van der Waals surface area contributed by atoms with Crippen LogP contribution in [0.2, 0.25) is 0 Å². The molecule has 2 rings (SSSR count). The lowest BCUT2D eigenvalue weighted by atomic mass is 9.67. The van der Waals surface area contributed by atoms with Gasteiger partial charge in [-0.2, -0.15) is 0 Å². The van der Waals surface area contributed by atoms with E-state index in [2.05, 4.69) is 4.72 Å². The summed E-state index contributed by atoms with van der Waals surface area (Å²) >= 11 is 0. The standard InChI is InChI=1S/C9H17NO2S/c1-10-13(11,12)8-4-2-5-9(8)6-3-7-9/h8,10H,2-7H2,1H3. The van der Waals surface area contributed by atoms with Crippen LogP contribution in [0.15, 0.2) is 0 Å². The Hall–Kier alpha value is -0.0900. The van der Waals surface area contributed by atoms with Gasteiger partial charge in [0, 0.05) is 0 Å². The van der Waals surface area contributed by atoms with E-state index in [4.69, 9.17) is 0 Å². The van der Waals surface area contributed by atoms with Gasteiger partial charge < -0.3 is 0 Å². The third kappa shape index (κ3) is 1.31. The first-order valence-corrected chi connectivity index (χ1v) is 6.58. The van der Waals surface area contributed by atoms with E-state index in [0.29, 0.717) is 0 Å². The van der Waals surface area contributed by atoms with Gasteiger partial charge in [0.25, 0.3) is 0 Å². The molecule has 4 heteroatoms. The van der Waals surface area contributed by atoms with Gasteiger partial charge in [0.15, 0.2) is 0 Å². The summed E-state index contributed by atoms with van der Waals surface area (Å²) in [5.41, 5.74) is 0.168. The summed E-state index contributed by atoms with van der Waals surface area (Å²) < 4.78 is 25.9. The van der Waals surface area contributed by atoms with E-state index in [0.717, 1.165) is 32.1 Å². The van der Waals surface area contributed by atoms with E-state index in [-0.39, 0.29) is 10.7 Å². The van der Waals surface area contributed by atoms with Crippen molar-refractivity contribution >= 4 is 10.0 Å². The minimum absolute atomic E-state index is 0.0984. The first kappa shape index (κ1) is 9.46. The Labute approximate surface area is 80.0 Å². The number of hydrogen-bond acceptors (Lipinski definition) is 2. The van der Waals surface area contributed by atoms with E-state index >= 15 is 0 Å². The molecule has 76 valence electrons. The largest absolute Gasteiger partial charge is 0.218 e. The van der Waals surface area contributed by atoms with Crippen LogP contribution in [0.4, 0.5) is 0 Å². The van der Waals surface area contributed by atoms with E-state index in [1.165, 1.54) is 13.5 Å². The first-order chi connectivity index (χ1) is 6.11. The lowest BCUT2D eigenvalue weighted by Gasteiger charge is -2.42. The molecule has 1 spiro atoms. The average molecular weight is 203 g/mol. The molecule has 0 aromatic rings. The molecule has 1 atom stereocenters. The Kier molecular flexibility index (Phi) is 2.15. The second kappa shape index (κ2) is 2.95. The van der Waals surface area contributed by atoms with Crippen molar-refractivity contribution in [2.45, 2.75) is 43.8 Å². The topological polar surface area (TPSA) is 46.2 Å². The third-order valence-corrected chi connectivity index (χ3v) is 5.89. The second-order valence-corrected chi connectivity index (χ2v) is 6.41. The van der Waals surface area contributed by atoms with Crippen LogP contribution in [0.1, 0.15) is 38.5 Å². The maximum absolute atomic E-state index is 11.7. The van der Waals surface area contributed by atoms with E-state index in [9.17, 15) is 8.42 Å². The first-order valence-electron chi connectivity index (χ1n) is 5.03. The summed E-state index contributed by atoms with van der Waals surface area (Å²) in [6.45, 7) is 0. The molecule has 2 aliphatic carbocycles. The predicted octanol–water partition coefficient (Wildman–Crippen LogP) is 1.26. The van der Waals surface area contributed by atoms with Gasteiger partial charge in [0.05, 0.1) is 5.25 Å². The van der Waals surface area contributed by atoms with Crippen LogP contribution in [-0.2, 0) is 10.0 Å². The van der Waals surface area contributed by atoms with E-state index in [1.54, 1.807) is 0 Å². The Morgan fingerprint density at radius 3 is 2.31 bits per heavy atom. The van der Waals surface area contributed by atoms with Crippen molar-refractivity contribution in [1.29, 1.82) is 0 Å². The van der Waals surface area contributed by atoms with Crippen molar-refractivity contribution in [3.63, 3.8) is 0 Å². The van der Waals surface area contributed by atoms with Gasteiger partial charge in [-0.05, 0) is 38.1 Å². The SMILES string of the molecule is CNS(=O)(=O)C1CCCC12CCC2. The van der Waals surface area contributed by atoms with Crippen molar-refractivity contribution in [2.75, 3.05) is 7.05 Å². The highest BCUT2D eigenvalue weighted by Crippen LogP contribution is 2.55.